The van der Waals surface area contributed by atoms with Gasteiger partial charge in [0.25, 0.3) is 5.92 Å². The van der Waals surface area contributed by atoms with E-state index in [1.807, 2.05) is 37.3 Å². The number of aromatic nitrogens is 2. The minimum atomic E-state index is -2.62. The van der Waals surface area contributed by atoms with E-state index in [-0.39, 0.29) is 18.7 Å². The van der Waals surface area contributed by atoms with Crippen LogP contribution in [0.15, 0.2) is 67.3 Å². The Morgan fingerprint density at radius 1 is 1.21 bits per heavy atom. The van der Waals surface area contributed by atoms with Gasteiger partial charge in [0, 0.05) is 43.0 Å². The fraction of sp³-hybridized carbons (Fsp3) is 0.231. The number of pyridine rings is 2. The van der Waals surface area contributed by atoms with Crippen LogP contribution in [0, 0.1) is 23.7 Å². The molecule has 3 aromatic rings. The molecule has 0 saturated carbocycles. The number of anilines is 1. The fourth-order valence-electron chi connectivity index (χ4n) is 3.94. The monoisotopic (exact) mass is 458 g/mol. The van der Waals surface area contributed by atoms with Gasteiger partial charge in [0.15, 0.2) is 0 Å². The summed E-state index contributed by atoms with van der Waals surface area (Å²) in [6.45, 7) is 6.47. The number of nitrogens with zero attached hydrogens (tertiary/aromatic N) is 4. The zero-order valence-electron chi connectivity index (χ0n) is 18.8. The third-order valence-electron chi connectivity index (χ3n) is 5.77. The maximum Gasteiger partial charge on any atom is 0.261 e. The van der Waals surface area contributed by atoms with Crippen LogP contribution in [0.5, 0.6) is 0 Å². The minimum Gasteiger partial charge on any atom is -0.353 e. The van der Waals surface area contributed by atoms with Gasteiger partial charge in [0.05, 0.1) is 29.8 Å². The van der Waals surface area contributed by atoms with E-state index in [4.69, 9.17) is 10.7 Å². The van der Waals surface area contributed by atoms with Gasteiger partial charge >= 0.3 is 0 Å². The van der Waals surface area contributed by atoms with Crippen molar-refractivity contribution < 1.29 is 8.78 Å². The van der Waals surface area contributed by atoms with Crippen LogP contribution in [0.25, 0.3) is 11.1 Å². The second-order valence-electron chi connectivity index (χ2n) is 8.45. The first-order chi connectivity index (χ1) is 16.2. The number of halogens is 2. The summed E-state index contributed by atoms with van der Waals surface area (Å²) in [7, 11) is 0. The number of hydrogen-bond acceptors (Lipinski definition) is 6. The number of nitrogens with one attached hydrogen (secondary N) is 2. The van der Waals surface area contributed by atoms with Gasteiger partial charge in [0.2, 0.25) is 0 Å². The van der Waals surface area contributed by atoms with E-state index in [1.54, 1.807) is 29.4 Å². The quantitative estimate of drug-likeness (QED) is 0.478. The Bertz CT molecular complexity index is 1280. The summed E-state index contributed by atoms with van der Waals surface area (Å²) in [5.41, 5.74) is 5.79. The lowest BCUT2D eigenvalue weighted by Crippen LogP contribution is -2.24. The molecule has 6 nitrogen and oxygen atoms in total. The highest BCUT2D eigenvalue weighted by atomic mass is 19.3. The maximum atomic E-state index is 13.5. The van der Waals surface area contributed by atoms with Crippen molar-refractivity contribution in [3.63, 3.8) is 0 Å². The average molecular weight is 459 g/mol. The van der Waals surface area contributed by atoms with E-state index in [2.05, 4.69) is 21.9 Å². The predicted molar refractivity (Wildman–Crippen MR) is 128 cm³/mol. The van der Waals surface area contributed by atoms with Crippen molar-refractivity contribution in [3.8, 4) is 17.2 Å². The molecule has 1 saturated heterocycles. The van der Waals surface area contributed by atoms with Crippen molar-refractivity contribution in [1.82, 2.24) is 14.9 Å². The van der Waals surface area contributed by atoms with Crippen LogP contribution in [-0.4, -0.2) is 39.6 Å². The van der Waals surface area contributed by atoms with Gasteiger partial charge in [-0.15, -0.1) is 0 Å². The normalized spacial score (nSPS) is 15.0. The topological polar surface area (TPSA) is 88.7 Å². The van der Waals surface area contributed by atoms with Crippen LogP contribution >= 0.6 is 0 Å². The summed E-state index contributed by atoms with van der Waals surface area (Å²) in [6, 6.07) is 13.0. The summed E-state index contributed by atoms with van der Waals surface area (Å²) in [6.07, 6.45) is 4.85. The summed E-state index contributed by atoms with van der Waals surface area (Å²) in [4.78, 5) is 10.1. The van der Waals surface area contributed by atoms with Crippen molar-refractivity contribution in [2.24, 2.45) is 0 Å². The third kappa shape index (κ3) is 5.33. The highest BCUT2D eigenvalue weighted by molar-refractivity contribution is 6.13. The molecule has 34 heavy (non-hydrogen) atoms. The van der Waals surface area contributed by atoms with Crippen LogP contribution in [0.2, 0.25) is 0 Å². The lowest BCUT2D eigenvalue weighted by molar-refractivity contribution is 0.0115. The van der Waals surface area contributed by atoms with Crippen LogP contribution in [0.1, 0.15) is 28.8 Å². The van der Waals surface area contributed by atoms with Gasteiger partial charge in [-0.1, -0.05) is 18.7 Å². The first-order valence-corrected chi connectivity index (χ1v) is 10.8. The molecule has 1 aromatic carbocycles. The number of benzene rings is 1. The lowest BCUT2D eigenvalue weighted by Gasteiger charge is -2.16. The van der Waals surface area contributed by atoms with Crippen LogP contribution in [0.4, 0.5) is 14.5 Å². The Balaban J connectivity index is 1.52. The van der Waals surface area contributed by atoms with Crippen molar-refractivity contribution in [2.75, 3.05) is 18.4 Å². The molecule has 1 aliphatic heterocycles. The van der Waals surface area contributed by atoms with E-state index in [0.717, 1.165) is 22.3 Å². The average Bonchev–Trinajstić information content (AvgIpc) is 3.17. The first kappa shape index (κ1) is 23.2. The van der Waals surface area contributed by atoms with Crippen molar-refractivity contribution in [1.29, 1.82) is 10.7 Å². The minimum absolute atomic E-state index is 0.111. The molecule has 1 fully saturated rings. The summed E-state index contributed by atoms with van der Waals surface area (Å²) < 4.78 is 27.1. The number of allylic oxidation sites excluding steroid dienone is 1. The number of rotatable bonds is 7. The first-order valence-electron chi connectivity index (χ1n) is 10.8. The molecule has 0 radical (unpaired) electrons. The van der Waals surface area contributed by atoms with Crippen molar-refractivity contribution >= 4 is 11.4 Å². The summed E-state index contributed by atoms with van der Waals surface area (Å²) in [5.74, 6) is -2.62. The second-order valence-corrected chi connectivity index (χ2v) is 8.45. The zero-order chi connectivity index (χ0) is 24.3. The molecule has 4 rings (SSSR count). The van der Waals surface area contributed by atoms with Gasteiger partial charge in [-0.3, -0.25) is 15.3 Å². The molecule has 0 aliphatic carbocycles. The maximum absolute atomic E-state index is 13.5. The Kier molecular flexibility index (Phi) is 6.48. The van der Waals surface area contributed by atoms with E-state index in [1.165, 1.54) is 6.20 Å². The van der Waals surface area contributed by atoms with E-state index < -0.39 is 5.92 Å². The molecular weight excluding hydrogens is 434 g/mol. The molecule has 8 heteroatoms. The number of nitriles is 1. The van der Waals surface area contributed by atoms with Gasteiger partial charge in [-0.25, -0.2) is 13.8 Å². The highest BCUT2D eigenvalue weighted by Gasteiger charge is 2.37. The molecule has 0 amide bonds. The van der Waals surface area contributed by atoms with E-state index in [9.17, 15) is 8.78 Å². The lowest BCUT2D eigenvalue weighted by atomic mass is 9.96. The molecule has 172 valence electrons. The molecule has 0 atom stereocenters. The molecule has 2 aromatic heterocycles. The standard InChI is InChI=1S/C26H24F2N6/c1-17-3-4-20(21-9-19(12-31-13-21)15-34-8-7-26(27,28)16-34)10-24(17)25(30)18(2)33-23-6-5-22(11-29)32-14-23/h3-6,9-10,12-14,30,33H,2,7-8,15-16H2,1H3. The Hall–Kier alpha value is -3.96. The van der Waals surface area contributed by atoms with Gasteiger partial charge in [-0.2, -0.15) is 5.26 Å². The number of aryl methyl sites for hydroxylation is 1. The molecule has 0 unspecified atom stereocenters. The highest BCUT2D eigenvalue weighted by Crippen LogP contribution is 2.29. The Morgan fingerprint density at radius 3 is 2.71 bits per heavy atom. The Morgan fingerprint density at radius 2 is 2.03 bits per heavy atom. The Labute approximate surface area is 197 Å². The largest absolute Gasteiger partial charge is 0.353 e. The molecule has 2 N–H and O–H groups in total. The molecule has 0 spiro atoms. The van der Waals surface area contributed by atoms with Crippen molar-refractivity contribution in [2.45, 2.75) is 25.8 Å². The second kappa shape index (κ2) is 9.49. The zero-order valence-corrected chi connectivity index (χ0v) is 18.8. The summed E-state index contributed by atoms with van der Waals surface area (Å²) >= 11 is 0. The number of hydrogen-bond donors (Lipinski definition) is 2. The fourth-order valence-corrected chi connectivity index (χ4v) is 3.94. The smallest absolute Gasteiger partial charge is 0.261 e. The molecule has 3 heterocycles. The number of alkyl halides is 2. The molecule has 1 aliphatic rings. The van der Waals surface area contributed by atoms with Gasteiger partial charge in [-0.05, 0) is 47.9 Å². The summed E-state index contributed by atoms with van der Waals surface area (Å²) in [5, 5.41) is 20.6. The van der Waals surface area contributed by atoms with Crippen LogP contribution in [-0.2, 0) is 6.54 Å². The number of likely N-dealkylation sites (tertiary alicyclic amines) is 1. The predicted octanol–water partition coefficient (Wildman–Crippen LogP) is 5.16. The van der Waals surface area contributed by atoms with Crippen molar-refractivity contribution in [3.05, 3.63) is 89.6 Å². The van der Waals surface area contributed by atoms with Crippen LogP contribution in [0.3, 0.4) is 0 Å². The third-order valence-corrected chi connectivity index (χ3v) is 5.77. The van der Waals surface area contributed by atoms with Gasteiger partial charge < -0.3 is 5.32 Å². The van der Waals surface area contributed by atoms with Crippen LogP contribution < -0.4 is 5.32 Å². The molecular formula is C26H24F2N6. The SMILES string of the molecule is C=C(Nc1ccc(C#N)nc1)C(=N)c1cc(-c2cncc(CN3CCC(F)(F)C3)c2)ccc1C. The van der Waals surface area contributed by atoms with Gasteiger partial charge in [0.1, 0.15) is 11.8 Å². The van der Waals surface area contributed by atoms with E-state index in [0.29, 0.717) is 35.7 Å². The van der Waals surface area contributed by atoms with E-state index >= 15 is 0 Å². The molecule has 0 bridgehead atoms.